The second kappa shape index (κ2) is 6.13. The summed E-state index contributed by atoms with van der Waals surface area (Å²) in [5.41, 5.74) is -3.07. The number of hydrogen-bond donors (Lipinski definition) is 4. The first-order valence-corrected chi connectivity index (χ1v) is 5.38. The number of carboxylic acids is 2. The standard InChI is InChI=1S/C12H12O8/c13-8(9(14)15)12(19,10(16)17)11(18)20-6-7-4-2-1-3-5-7/h1-5,8,13,19H,6H2,(H,14,15)(H,16,17). The summed E-state index contributed by atoms with van der Waals surface area (Å²) in [5.74, 6) is -6.04. The topological polar surface area (TPSA) is 141 Å². The van der Waals surface area contributed by atoms with Gasteiger partial charge in [-0.05, 0) is 5.56 Å². The normalized spacial score (nSPS) is 14.9. The van der Waals surface area contributed by atoms with Crippen molar-refractivity contribution in [1.29, 1.82) is 0 Å². The molecule has 0 saturated heterocycles. The van der Waals surface area contributed by atoms with Gasteiger partial charge in [-0.1, -0.05) is 30.3 Å². The molecule has 0 spiro atoms. The predicted molar refractivity (Wildman–Crippen MR) is 62.5 cm³/mol. The average molecular weight is 284 g/mol. The highest BCUT2D eigenvalue weighted by atomic mass is 16.6. The number of rotatable bonds is 6. The summed E-state index contributed by atoms with van der Waals surface area (Å²) in [6, 6.07) is 8.12. The number of ether oxygens (including phenoxy) is 1. The quantitative estimate of drug-likeness (QED) is 0.384. The Hall–Kier alpha value is -2.45. The molecular weight excluding hydrogens is 272 g/mol. The Morgan fingerprint density at radius 3 is 2.15 bits per heavy atom. The molecule has 1 aromatic rings. The first kappa shape index (κ1) is 15.6. The SMILES string of the molecule is O=C(O)C(O)C(O)(C(=O)O)C(=O)OCc1ccccc1. The number of carboxylic acid groups (broad SMARTS) is 2. The zero-order valence-corrected chi connectivity index (χ0v) is 10.1. The number of benzene rings is 1. The number of carbonyl (C=O) groups is 3. The van der Waals surface area contributed by atoms with Crippen molar-refractivity contribution < 1.29 is 39.5 Å². The molecule has 4 N–H and O–H groups in total. The van der Waals surface area contributed by atoms with Gasteiger partial charge in [-0.3, -0.25) is 0 Å². The van der Waals surface area contributed by atoms with Gasteiger partial charge in [-0.2, -0.15) is 0 Å². The first-order valence-electron chi connectivity index (χ1n) is 5.38. The van der Waals surface area contributed by atoms with Gasteiger partial charge in [-0.15, -0.1) is 0 Å². The van der Waals surface area contributed by atoms with Crippen LogP contribution in [0.1, 0.15) is 5.56 Å². The van der Waals surface area contributed by atoms with Crippen molar-refractivity contribution in [2.45, 2.75) is 18.3 Å². The van der Waals surface area contributed by atoms with Gasteiger partial charge in [0.25, 0.3) is 5.60 Å². The van der Waals surface area contributed by atoms with Crippen LogP contribution in [-0.4, -0.2) is 50.0 Å². The molecule has 0 radical (unpaired) electrons. The number of aliphatic carboxylic acids is 2. The molecule has 0 aliphatic rings. The van der Waals surface area contributed by atoms with Crippen molar-refractivity contribution in [3.8, 4) is 0 Å². The molecule has 108 valence electrons. The van der Waals surface area contributed by atoms with Gasteiger partial charge in [0.2, 0.25) is 6.10 Å². The summed E-state index contributed by atoms with van der Waals surface area (Å²) >= 11 is 0. The van der Waals surface area contributed by atoms with Crippen molar-refractivity contribution in [2.24, 2.45) is 0 Å². The summed E-state index contributed by atoms with van der Waals surface area (Å²) in [6.07, 6.45) is -2.84. The van der Waals surface area contributed by atoms with Gasteiger partial charge in [0, 0.05) is 0 Å². The molecule has 8 heteroatoms. The highest BCUT2D eigenvalue weighted by Gasteiger charge is 2.56. The van der Waals surface area contributed by atoms with Crippen LogP contribution in [0.25, 0.3) is 0 Å². The van der Waals surface area contributed by atoms with E-state index in [1.807, 2.05) is 0 Å². The zero-order chi connectivity index (χ0) is 15.3. The van der Waals surface area contributed by atoms with E-state index in [1.54, 1.807) is 30.3 Å². The van der Waals surface area contributed by atoms with E-state index in [4.69, 9.17) is 15.3 Å². The van der Waals surface area contributed by atoms with Crippen molar-refractivity contribution in [2.75, 3.05) is 0 Å². The highest BCUT2D eigenvalue weighted by Crippen LogP contribution is 2.16. The maximum atomic E-state index is 11.5. The maximum absolute atomic E-state index is 11.5. The van der Waals surface area contributed by atoms with Crippen molar-refractivity contribution >= 4 is 17.9 Å². The number of esters is 1. The van der Waals surface area contributed by atoms with Crippen LogP contribution in [0.2, 0.25) is 0 Å². The third kappa shape index (κ3) is 3.11. The molecule has 20 heavy (non-hydrogen) atoms. The Bertz CT molecular complexity index is 511. The maximum Gasteiger partial charge on any atom is 0.353 e. The number of carbonyl (C=O) groups excluding carboxylic acids is 1. The molecule has 1 aromatic carbocycles. The summed E-state index contributed by atoms with van der Waals surface area (Å²) in [7, 11) is 0. The minimum Gasteiger partial charge on any atom is -0.479 e. The van der Waals surface area contributed by atoms with Crippen LogP contribution < -0.4 is 0 Å². The molecule has 0 saturated carbocycles. The molecule has 2 unspecified atom stereocenters. The van der Waals surface area contributed by atoms with E-state index in [-0.39, 0.29) is 6.61 Å². The Morgan fingerprint density at radius 1 is 1.15 bits per heavy atom. The van der Waals surface area contributed by atoms with Gasteiger partial charge in [0.05, 0.1) is 0 Å². The predicted octanol–water partition coefficient (Wildman–Crippen LogP) is -1.01. The van der Waals surface area contributed by atoms with Gasteiger partial charge in [0.15, 0.2) is 0 Å². The molecule has 0 aliphatic carbocycles. The lowest BCUT2D eigenvalue weighted by Crippen LogP contribution is -2.59. The van der Waals surface area contributed by atoms with E-state index in [1.165, 1.54) is 0 Å². The van der Waals surface area contributed by atoms with Gasteiger partial charge >= 0.3 is 17.9 Å². The lowest BCUT2D eigenvalue weighted by molar-refractivity contribution is -0.199. The lowest BCUT2D eigenvalue weighted by Gasteiger charge is -2.23. The third-order valence-electron chi connectivity index (χ3n) is 2.48. The highest BCUT2D eigenvalue weighted by molar-refractivity contribution is 6.07. The Kier molecular flexibility index (Phi) is 4.78. The summed E-state index contributed by atoms with van der Waals surface area (Å²) in [5, 5.41) is 36.0. The molecular formula is C12H12O8. The van der Waals surface area contributed by atoms with E-state index >= 15 is 0 Å². The zero-order valence-electron chi connectivity index (χ0n) is 10.1. The minimum atomic E-state index is -3.57. The van der Waals surface area contributed by atoms with Gasteiger partial charge < -0.3 is 25.2 Å². The largest absolute Gasteiger partial charge is 0.479 e. The van der Waals surface area contributed by atoms with Gasteiger partial charge in [0.1, 0.15) is 6.61 Å². The molecule has 0 bridgehead atoms. The van der Waals surface area contributed by atoms with Crippen molar-refractivity contribution in [1.82, 2.24) is 0 Å². The van der Waals surface area contributed by atoms with Crippen LogP contribution in [-0.2, 0) is 25.7 Å². The van der Waals surface area contributed by atoms with Crippen LogP contribution in [0.5, 0.6) is 0 Å². The minimum absolute atomic E-state index is 0.373. The number of hydrogen-bond acceptors (Lipinski definition) is 6. The fourth-order valence-corrected chi connectivity index (χ4v) is 1.33. The van der Waals surface area contributed by atoms with E-state index in [0.29, 0.717) is 5.56 Å². The summed E-state index contributed by atoms with van der Waals surface area (Å²) in [6.45, 7) is -0.373. The number of aliphatic hydroxyl groups is 2. The summed E-state index contributed by atoms with van der Waals surface area (Å²) in [4.78, 5) is 32.9. The van der Waals surface area contributed by atoms with E-state index in [0.717, 1.165) is 0 Å². The molecule has 0 heterocycles. The van der Waals surface area contributed by atoms with Crippen molar-refractivity contribution in [3.05, 3.63) is 35.9 Å². The van der Waals surface area contributed by atoms with Gasteiger partial charge in [-0.25, -0.2) is 14.4 Å². The van der Waals surface area contributed by atoms with Crippen molar-refractivity contribution in [3.63, 3.8) is 0 Å². The first-order chi connectivity index (χ1) is 9.30. The average Bonchev–Trinajstić information content (AvgIpc) is 2.43. The fourth-order valence-electron chi connectivity index (χ4n) is 1.33. The van der Waals surface area contributed by atoms with E-state index in [2.05, 4.69) is 4.74 Å². The summed E-state index contributed by atoms with van der Waals surface area (Å²) < 4.78 is 4.53. The molecule has 0 fully saturated rings. The molecule has 8 nitrogen and oxygen atoms in total. The smallest absolute Gasteiger partial charge is 0.353 e. The van der Waals surface area contributed by atoms with E-state index in [9.17, 15) is 19.5 Å². The van der Waals surface area contributed by atoms with Crippen LogP contribution in [0.15, 0.2) is 30.3 Å². The molecule has 0 aromatic heterocycles. The molecule has 0 amide bonds. The fraction of sp³-hybridized carbons (Fsp3) is 0.250. The Morgan fingerprint density at radius 2 is 1.70 bits per heavy atom. The second-order valence-electron chi connectivity index (χ2n) is 3.87. The monoisotopic (exact) mass is 284 g/mol. The van der Waals surface area contributed by atoms with Crippen LogP contribution in [0, 0.1) is 0 Å². The Labute approximate surface area is 112 Å². The molecule has 1 rings (SSSR count). The van der Waals surface area contributed by atoms with Crippen LogP contribution in [0.4, 0.5) is 0 Å². The molecule has 2 atom stereocenters. The van der Waals surface area contributed by atoms with Crippen LogP contribution >= 0.6 is 0 Å². The third-order valence-corrected chi connectivity index (χ3v) is 2.48. The Balaban J connectivity index is 2.85. The van der Waals surface area contributed by atoms with E-state index < -0.39 is 29.6 Å². The van der Waals surface area contributed by atoms with Crippen LogP contribution in [0.3, 0.4) is 0 Å². The number of aliphatic hydroxyl groups excluding tert-OH is 1. The molecule has 0 aliphatic heterocycles. The second-order valence-corrected chi connectivity index (χ2v) is 3.87. The lowest BCUT2D eigenvalue weighted by atomic mass is 9.97.